The number of carbonyl (C=O) groups excluding carboxylic acids is 2. The molecule has 0 aromatic heterocycles. The molecule has 1 aromatic carbocycles. The van der Waals surface area contributed by atoms with E-state index in [4.69, 9.17) is 23.2 Å². The van der Waals surface area contributed by atoms with Crippen LogP contribution in [-0.4, -0.2) is 67.4 Å². The predicted octanol–water partition coefficient (Wildman–Crippen LogP) is 1.68. The zero-order valence-corrected chi connectivity index (χ0v) is 15.3. The average Bonchev–Trinajstić information content (AvgIpc) is 2.58. The fourth-order valence-corrected chi connectivity index (χ4v) is 2.92. The molecule has 0 radical (unpaired) electrons. The molecule has 2 rings (SSSR count). The first-order valence-electron chi connectivity index (χ1n) is 7.83. The Morgan fingerprint density at radius 3 is 2.50 bits per heavy atom. The fourth-order valence-electron chi connectivity index (χ4n) is 2.59. The molecule has 6 nitrogen and oxygen atoms in total. The normalized spacial score (nSPS) is 17.3. The number of amides is 2. The van der Waals surface area contributed by atoms with E-state index in [1.807, 2.05) is 6.92 Å². The van der Waals surface area contributed by atoms with Gasteiger partial charge in [0.25, 0.3) is 0 Å². The third kappa shape index (κ3) is 5.08. The summed E-state index contributed by atoms with van der Waals surface area (Å²) in [6, 6.07) is 4.67. The maximum absolute atomic E-state index is 12.4. The van der Waals surface area contributed by atoms with Crippen LogP contribution < -0.4 is 10.6 Å². The van der Waals surface area contributed by atoms with E-state index in [2.05, 4.69) is 20.4 Å². The van der Waals surface area contributed by atoms with Gasteiger partial charge >= 0.3 is 0 Å². The molecule has 8 heteroatoms. The number of halogens is 2. The SMILES string of the molecule is CNC(=O)CN1CCN([C@@H](C)C(=O)Nc2cc(Cl)ccc2Cl)CC1. The van der Waals surface area contributed by atoms with Gasteiger partial charge in [-0.05, 0) is 25.1 Å². The molecule has 132 valence electrons. The number of benzene rings is 1. The Kier molecular flexibility index (Phi) is 6.86. The smallest absolute Gasteiger partial charge is 0.241 e. The molecule has 1 aliphatic heterocycles. The molecule has 0 spiro atoms. The first-order chi connectivity index (χ1) is 11.4. The van der Waals surface area contributed by atoms with Crippen LogP contribution in [0.1, 0.15) is 6.92 Å². The summed E-state index contributed by atoms with van der Waals surface area (Å²) in [7, 11) is 1.63. The highest BCUT2D eigenvalue weighted by Crippen LogP contribution is 2.25. The standard InChI is InChI=1S/C16H22Cl2N4O2/c1-11(16(24)20-14-9-12(17)3-4-13(14)18)22-7-5-21(6-8-22)10-15(23)19-2/h3-4,9,11H,5-8,10H2,1-2H3,(H,19,23)(H,20,24)/t11-/m0/s1. The number of piperazine rings is 1. The van der Waals surface area contributed by atoms with Crippen molar-refractivity contribution in [3.8, 4) is 0 Å². The van der Waals surface area contributed by atoms with Crippen LogP contribution >= 0.6 is 23.2 Å². The van der Waals surface area contributed by atoms with Crippen LogP contribution in [0.2, 0.25) is 10.0 Å². The van der Waals surface area contributed by atoms with Crippen LogP contribution in [0.3, 0.4) is 0 Å². The van der Waals surface area contributed by atoms with Gasteiger partial charge in [0.15, 0.2) is 0 Å². The third-order valence-electron chi connectivity index (χ3n) is 4.17. The van der Waals surface area contributed by atoms with E-state index < -0.39 is 0 Å². The number of rotatable bonds is 5. The summed E-state index contributed by atoms with van der Waals surface area (Å²) in [4.78, 5) is 28.0. The van der Waals surface area contributed by atoms with Gasteiger partial charge in [-0.25, -0.2) is 0 Å². The van der Waals surface area contributed by atoms with Gasteiger partial charge in [-0.1, -0.05) is 23.2 Å². The molecular weight excluding hydrogens is 351 g/mol. The first kappa shape index (κ1) is 19.0. The minimum absolute atomic E-state index is 0.00448. The summed E-state index contributed by atoms with van der Waals surface area (Å²) >= 11 is 12.0. The number of hydrogen-bond acceptors (Lipinski definition) is 4. The number of carbonyl (C=O) groups is 2. The van der Waals surface area contributed by atoms with Crippen LogP contribution in [-0.2, 0) is 9.59 Å². The summed E-state index contributed by atoms with van der Waals surface area (Å²) in [5, 5.41) is 6.42. The summed E-state index contributed by atoms with van der Waals surface area (Å²) < 4.78 is 0. The monoisotopic (exact) mass is 372 g/mol. The Balaban J connectivity index is 1.88. The molecule has 1 aliphatic rings. The summed E-state index contributed by atoms with van der Waals surface area (Å²) in [5.41, 5.74) is 0.513. The molecule has 1 fully saturated rings. The van der Waals surface area contributed by atoms with Crippen LogP contribution in [0.15, 0.2) is 18.2 Å². The summed E-state index contributed by atoms with van der Waals surface area (Å²) in [6.45, 7) is 5.22. The van der Waals surface area contributed by atoms with E-state index in [1.54, 1.807) is 25.2 Å². The van der Waals surface area contributed by atoms with Crippen molar-refractivity contribution in [3.63, 3.8) is 0 Å². The Labute approximate surface area is 152 Å². The summed E-state index contributed by atoms with van der Waals surface area (Å²) in [6.07, 6.45) is 0. The molecule has 0 unspecified atom stereocenters. The van der Waals surface area contributed by atoms with Gasteiger partial charge < -0.3 is 10.6 Å². The van der Waals surface area contributed by atoms with Gasteiger partial charge in [0, 0.05) is 38.2 Å². The molecular formula is C16H22Cl2N4O2. The minimum atomic E-state index is -0.290. The lowest BCUT2D eigenvalue weighted by molar-refractivity contribution is -0.124. The maximum Gasteiger partial charge on any atom is 0.241 e. The van der Waals surface area contributed by atoms with Gasteiger partial charge in [0.05, 0.1) is 23.3 Å². The van der Waals surface area contributed by atoms with Crippen molar-refractivity contribution in [2.45, 2.75) is 13.0 Å². The van der Waals surface area contributed by atoms with Crippen LogP contribution in [0, 0.1) is 0 Å². The summed E-state index contributed by atoms with van der Waals surface area (Å²) in [5.74, 6) is -0.122. The highest BCUT2D eigenvalue weighted by molar-refractivity contribution is 6.35. The van der Waals surface area contributed by atoms with E-state index in [1.165, 1.54) is 0 Å². The van der Waals surface area contributed by atoms with Crippen molar-refractivity contribution in [1.29, 1.82) is 0 Å². The van der Waals surface area contributed by atoms with Crippen molar-refractivity contribution in [2.24, 2.45) is 0 Å². The third-order valence-corrected chi connectivity index (χ3v) is 4.73. The zero-order chi connectivity index (χ0) is 17.7. The molecule has 2 amide bonds. The van der Waals surface area contributed by atoms with Gasteiger partial charge in [-0.2, -0.15) is 0 Å². The Hall–Kier alpha value is -1.34. The second-order valence-electron chi connectivity index (χ2n) is 5.77. The predicted molar refractivity (Wildman–Crippen MR) is 96.6 cm³/mol. The van der Waals surface area contributed by atoms with Gasteiger partial charge in [0.1, 0.15) is 0 Å². The molecule has 0 aliphatic carbocycles. The second-order valence-corrected chi connectivity index (χ2v) is 6.62. The van der Waals surface area contributed by atoms with Gasteiger partial charge in [0.2, 0.25) is 11.8 Å². The van der Waals surface area contributed by atoms with E-state index in [9.17, 15) is 9.59 Å². The van der Waals surface area contributed by atoms with Crippen molar-refractivity contribution in [1.82, 2.24) is 15.1 Å². The quantitative estimate of drug-likeness (QED) is 0.825. The highest BCUT2D eigenvalue weighted by atomic mass is 35.5. The van der Waals surface area contributed by atoms with Crippen LogP contribution in [0.25, 0.3) is 0 Å². The Morgan fingerprint density at radius 1 is 1.21 bits per heavy atom. The van der Waals surface area contributed by atoms with Crippen LogP contribution in [0.5, 0.6) is 0 Å². The molecule has 24 heavy (non-hydrogen) atoms. The largest absolute Gasteiger partial charge is 0.358 e. The molecule has 0 saturated carbocycles. The lowest BCUT2D eigenvalue weighted by Gasteiger charge is -2.37. The van der Waals surface area contributed by atoms with Gasteiger partial charge in [-0.3, -0.25) is 19.4 Å². The lowest BCUT2D eigenvalue weighted by atomic mass is 10.2. The number of nitrogens with one attached hydrogen (secondary N) is 2. The van der Waals surface area contributed by atoms with E-state index in [-0.39, 0.29) is 17.9 Å². The van der Waals surface area contributed by atoms with Crippen molar-refractivity contribution in [3.05, 3.63) is 28.2 Å². The van der Waals surface area contributed by atoms with Crippen molar-refractivity contribution in [2.75, 3.05) is 45.1 Å². The van der Waals surface area contributed by atoms with E-state index in [0.717, 1.165) is 26.2 Å². The Morgan fingerprint density at radius 2 is 1.88 bits per heavy atom. The number of likely N-dealkylation sites (N-methyl/N-ethyl adjacent to an activating group) is 1. The first-order valence-corrected chi connectivity index (χ1v) is 8.59. The second kappa shape index (κ2) is 8.67. The number of anilines is 1. The average molecular weight is 373 g/mol. The van der Waals surface area contributed by atoms with E-state index >= 15 is 0 Å². The minimum Gasteiger partial charge on any atom is -0.358 e. The lowest BCUT2D eigenvalue weighted by Crippen LogP contribution is -2.54. The molecule has 1 atom stereocenters. The van der Waals surface area contributed by atoms with E-state index in [0.29, 0.717) is 22.3 Å². The van der Waals surface area contributed by atoms with Crippen LogP contribution in [0.4, 0.5) is 5.69 Å². The molecule has 1 saturated heterocycles. The maximum atomic E-state index is 12.4. The molecule has 0 bridgehead atoms. The molecule has 2 N–H and O–H groups in total. The number of hydrogen-bond donors (Lipinski definition) is 2. The van der Waals surface area contributed by atoms with Crippen molar-refractivity contribution < 1.29 is 9.59 Å². The topological polar surface area (TPSA) is 64.7 Å². The fraction of sp³-hybridized carbons (Fsp3) is 0.500. The van der Waals surface area contributed by atoms with Gasteiger partial charge in [-0.15, -0.1) is 0 Å². The molecule has 1 aromatic rings. The zero-order valence-electron chi connectivity index (χ0n) is 13.8. The van der Waals surface area contributed by atoms with Crippen molar-refractivity contribution >= 4 is 40.7 Å². The Bertz CT molecular complexity index is 604. The molecule has 1 heterocycles. The number of nitrogens with zero attached hydrogens (tertiary/aromatic N) is 2. The highest BCUT2D eigenvalue weighted by Gasteiger charge is 2.26.